The van der Waals surface area contributed by atoms with Crippen LogP contribution in [0.3, 0.4) is 0 Å². The zero-order valence-electron chi connectivity index (χ0n) is 10.4. The number of nitrogens with one attached hydrogen (secondary N) is 1. The zero-order chi connectivity index (χ0) is 13.1. The van der Waals surface area contributed by atoms with Gasteiger partial charge in [-0.05, 0) is 31.5 Å². The number of ether oxygens (including phenoxy) is 1. The van der Waals surface area contributed by atoms with E-state index in [2.05, 4.69) is 4.98 Å². The van der Waals surface area contributed by atoms with Gasteiger partial charge < -0.3 is 9.72 Å². The summed E-state index contributed by atoms with van der Waals surface area (Å²) in [5, 5.41) is 0.567. The monoisotopic (exact) mass is 245 g/mol. The molecule has 0 fully saturated rings. The van der Waals surface area contributed by atoms with Gasteiger partial charge in [0.15, 0.2) is 5.43 Å². The van der Waals surface area contributed by atoms with E-state index < -0.39 is 0 Å². The van der Waals surface area contributed by atoms with Crippen LogP contribution in [0.5, 0.6) is 0 Å². The molecule has 4 nitrogen and oxygen atoms in total. The predicted molar refractivity (Wildman–Crippen MR) is 69.7 cm³/mol. The molecule has 0 bridgehead atoms. The summed E-state index contributed by atoms with van der Waals surface area (Å²) in [7, 11) is 0. The molecular formula is C14H15NO3. The summed E-state index contributed by atoms with van der Waals surface area (Å²) in [4.78, 5) is 26.3. The van der Waals surface area contributed by atoms with Gasteiger partial charge in [-0.2, -0.15) is 0 Å². The maximum absolute atomic E-state index is 11.8. The Labute approximate surface area is 105 Å². The van der Waals surface area contributed by atoms with Gasteiger partial charge in [-0.25, -0.2) is 4.79 Å². The predicted octanol–water partition coefficient (Wildman–Crippen LogP) is 2.48. The molecule has 1 unspecified atom stereocenters. The van der Waals surface area contributed by atoms with Crippen LogP contribution in [-0.4, -0.2) is 17.1 Å². The second kappa shape index (κ2) is 5.04. The molecule has 2 rings (SSSR count). The van der Waals surface area contributed by atoms with E-state index in [-0.39, 0.29) is 17.5 Å². The molecule has 0 aliphatic carbocycles. The van der Waals surface area contributed by atoms with Crippen LogP contribution in [0.4, 0.5) is 0 Å². The first-order valence-electron chi connectivity index (χ1n) is 5.94. The van der Waals surface area contributed by atoms with E-state index in [0.29, 0.717) is 16.5 Å². The van der Waals surface area contributed by atoms with Crippen molar-refractivity contribution in [2.24, 2.45) is 0 Å². The number of carbonyl (C=O) groups excluding carboxylic acids is 1. The zero-order valence-corrected chi connectivity index (χ0v) is 10.4. The Hall–Kier alpha value is -2.10. The molecule has 0 aliphatic rings. The highest BCUT2D eigenvalue weighted by atomic mass is 16.5. The number of fused-ring (bicyclic) bond motifs is 1. The summed E-state index contributed by atoms with van der Waals surface area (Å²) in [6.07, 6.45) is 2.23. The Morgan fingerprint density at radius 2 is 2.17 bits per heavy atom. The summed E-state index contributed by atoms with van der Waals surface area (Å²) in [6, 6.07) is 6.35. The molecule has 0 spiro atoms. The van der Waals surface area contributed by atoms with Crippen LogP contribution >= 0.6 is 0 Å². The average Bonchev–Trinajstić information content (AvgIpc) is 2.38. The normalized spacial score (nSPS) is 12.3. The van der Waals surface area contributed by atoms with E-state index >= 15 is 0 Å². The van der Waals surface area contributed by atoms with Gasteiger partial charge in [-0.1, -0.05) is 6.92 Å². The van der Waals surface area contributed by atoms with Crippen molar-refractivity contribution in [1.82, 2.24) is 4.98 Å². The highest BCUT2D eigenvalue weighted by Crippen LogP contribution is 2.12. The standard InChI is InChI=1S/C14H15NO3/c1-3-9(2)18-14(17)10-4-5-11-12(8-10)15-7-6-13(11)16/h4-9H,3H2,1-2H3,(H,15,16). The van der Waals surface area contributed by atoms with Crippen molar-refractivity contribution >= 4 is 16.9 Å². The van der Waals surface area contributed by atoms with Gasteiger partial charge in [0.1, 0.15) is 0 Å². The third-order valence-corrected chi connectivity index (χ3v) is 2.88. The van der Waals surface area contributed by atoms with Gasteiger partial charge in [0.2, 0.25) is 0 Å². The highest BCUT2D eigenvalue weighted by Gasteiger charge is 2.11. The summed E-state index contributed by atoms with van der Waals surface area (Å²) in [5.74, 6) is -0.365. The first-order valence-corrected chi connectivity index (χ1v) is 5.94. The van der Waals surface area contributed by atoms with Crippen LogP contribution < -0.4 is 5.43 Å². The van der Waals surface area contributed by atoms with Crippen molar-refractivity contribution in [2.45, 2.75) is 26.4 Å². The molecule has 1 aromatic carbocycles. The van der Waals surface area contributed by atoms with Crippen LogP contribution in [0, 0.1) is 0 Å². The number of H-pyrrole nitrogens is 1. The molecule has 1 atom stereocenters. The van der Waals surface area contributed by atoms with Crippen molar-refractivity contribution in [3.63, 3.8) is 0 Å². The average molecular weight is 245 g/mol. The third kappa shape index (κ3) is 2.42. The van der Waals surface area contributed by atoms with Crippen LogP contribution in [0.25, 0.3) is 10.9 Å². The van der Waals surface area contributed by atoms with Crippen LogP contribution in [0.15, 0.2) is 35.3 Å². The number of aromatic amines is 1. The number of rotatable bonds is 3. The third-order valence-electron chi connectivity index (χ3n) is 2.88. The van der Waals surface area contributed by atoms with Crippen LogP contribution in [0.2, 0.25) is 0 Å². The summed E-state index contributed by atoms with van der Waals surface area (Å²) >= 11 is 0. The number of esters is 1. The summed E-state index contributed by atoms with van der Waals surface area (Å²) < 4.78 is 5.23. The molecular weight excluding hydrogens is 230 g/mol. The van der Waals surface area contributed by atoms with Crippen molar-refractivity contribution in [3.8, 4) is 0 Å². The van der Waals surface area contributed by atoms with E-state index in [0.717, 1.165) is 6.42 Å². The van der Waals surface area contributed by atoms with Crippen LogP contribution in [-0.2, 0) is 4.74 Å². The molecule has 2 aromatic rings. The van der Waals surface area contributed by atoms with E-state index in [9.17, 15) is 9.59 Å². The number of aromatic nitrogens is 1. The molecule has 18 heavy (non-hydrogen) atoms. The lowest BCUT2D eigenvalue weighted by molar-refractivity contribution is 0.0334. The molecule has 0 saturated carbocycles. The molecule has 0 aliphatic heterocycles. The smallest absolute Gasteiger partial charge is 0.338 e. The lowest BCUT2D eigenvalue weighted by Gasteiger charge is -2.10. The Bertz CT molecular complexity index is 630. The van der Waals surface area contributed by atoms with Gasteiger partial charge in [-0.15, -0.1) is 0 Å². The van der Waals surface area contributed by atoms with Crippen molar-refractivity contribution in [2.75, 3.05) is 0 Å². The molecule has 1 heterocycles. The molecule has 4 heteroatoms. The summed E-state index contributed by atoms with van der Waals surface area (Å²) in [5.41, 5.74) is 1.02. The molecule has 0 amide bonds. The van der Waals surface area contributed by atoms with Gasteiger partial charge in [0.05, 0.1) is 17.2 Å². The van der Waals surface area contributed by atoms with Crippen molar-refractivity contribution in [3.05, 3.63) is 46.2 Å². The number of benzene rings is 1. The van der Waals surface area contributed by atoms with E-state index in [1.165, 1.54) is 6.07 Å². The number of pyridine rings is 1. The van der Waals surface area contributed by atoms with Gasteiger partial charge in [0.25, 0.3) is 0 Å². The van der Waals surface area contributed by atoms with Crippen LogP contribution in [0.1, 0.15) is 30.6 Å². The maximum atomic E-state index is 11.8. The summed E-state index contributed by atoms with van der Waals surface area (Å²) in [6.45, 7) is 3.80. The number of hydrogen-bond acceptors (Lipinski definition) is 3. The fourth-order valence-corrected chi connectivity index (χ4v) is 1.64. The maximum Gasteiger partial charge on any atom is 0.338 e. The second-order valence-electron chi connectivity index (χ2n) is 4.23. The minimum Gasteiger partial charge on any atom is -0.459 e. The first-order chi connectivity index (χ1) is 8.61. The van der Waals surface area contributed by atoms with E-state index in [4.69, 9.17) is 4.74 Å². The molecule has 1 aromatic heterocycles. The lowest BCUT2D eigenvalue weighted by atomic mass is 10.1. The minimum absolute atomic E-state index is 0.0643. The van der Waals surface area contributed by atoms with E-state index in [1.54, 1.807) is 24.4 Å². The highest BCUT2D eigenvalue weighted by molar-refractivity contribution is 5.94. The second-order valence-corrected chi connectivity index (χ2v) is 4.23. The van der Waals surface area contributed by atoms with Crippen molar-refractivity contribution < 1.29 is 9.53 Å². The molecule has 94 valence electrons. The fourth-order valence-electron chi connectivity index (χ4n) is 1.64. The van der Waals surface area contributed by atoms with E-state index in [1.807, 2.05) is 13.8 Å². The number of hydrogen-bond donors (Lipinski definition) is 1. The Morgan fingerprint density at radius 3 is 2.89 bits per heavy atom. The SMILES string of the molecule is CCC(C)OC(=O)c1ccc2c(=O)cc[nH]c2c1. The lowest BCUT2D eigenvalue weighted by Crippen LogP contribution is -2.14. The van der Waals surface area contributed by atoms with Gasteiger partial charge in [0, 0.05) is 17.6 Å². The van der Waals surface area contributed by atoms with Gasteiger partial charge in [-0.3, -0.25) is 4.79 Å². The van der Waals surface area contributed by atoms with Crippen molar-refractivity contribution in [1.29, 1.82) is 0 Å². The molecule has 0 radical (unpaired) electrons. The number of carbonyl (C=O) groups is 1. The largest absolute Gasteiger partial charge is 0.459 e. The Morgan fingerprint density at radius 1 is 1.39 bits per heavy atom. The topological polar surface area (TPSA) is 59.2 Å². The quantitative estimate of drug-likeness (QED) is 0.845. The minimum atomic E-state index is -0.365. The Kier molecular flexibility index (Phi) is 3.46. The Balaban J connectivity index is 2.36. The fraction of sp³-hybridized carbons (Fsp3) is 0.286. The first kappa shape index (κ1) is 12.4. The van der Waals surface area contributed by atoms with Gasteiger partial charge >= 0.3 is 5.97 Å². The molecule has 1 N–H and O–H groups in total. The molecule has 0 saturated heterocycles.